The SMILES string of the molecule is O=C(O)C1CCCN(C(=O)c2cccc(OC(F)(F)F)c2)CC1. The quantitative estimate of drug-likeness (QED) is 0.925. The summed E-state index contributed by atoms with van der Waals surface area (Å²) < 4.78 is 40.5. The molecule has 1 aromatic rings. The molecule has 0 aromatic heterocycles. The van der Waals surface area contributed by atoms with Gasteiger partial charge >= 0.3 is 12.3 Å². The van der Waals surface area contributed by atoms with Crippen LogP contribution in [0.25, 0.3) is 0 Å². The molecule has 0 saturated carbocycles. The molecule has 1 aromatic carbocycles. The Hall–Kier alpha value is -2.25. The molecule has 23 heavy (non-hydrogen) atoms. The monoisotopic (exact) mass is 331 g/mol. The summed E-state index contributed by atoms with van der Waals surface area (Å²) in [4.78, 5) is 24.9. The summed E-state index contributed by atoms with van der Waals surface area (Å²) in [6, 6.07) is 4.87. The molecule has 5 nitrogen and oxygen atoms in total. The summed E-state index contributed by atoms with van der Waals surface area (Å²) in [6.07, 6.45) is -3.46. The van der Waals surface area contributed by atoms with E-state index in [1.165, 1.54) is 17.0 Å². The number of carbonyl (C=O) groups is 2. The summed E-state index contributed by atoms with van der Waals surface area (Å²) >= 11 is 0. The number of nitrogens with zero attached hydrogens (tertiary/aromatic N) is 1. The second-order valence-electron chi connectivity index (χ2n) is 5.33. The minimum absolute atomic E-state index is 0.0838. The molecule has 1 aliphatic heterocycles. The average molecular weight is 331 g/mol. The van der Waals surface area contributed by atoms with Crippen LogP contribution in [0.15, 0.2) is 24.3 Å². The van der Waals surface area contributed by atoms with Gasteiger partial charge in [0.15, 0.2) is 0 Å². The first kappa shape index (κ1) is 17.1. The van der Waals surface area contributed by atoms with E-state index in [1.807, 2.05) is 0 Å². The fourth-order valence-electron chi connectivity index (χ4n) is 2.56. The standard InChI is InChI=1S/C15H16F3NO4/c16-15(17,18)23-12-5-1-3-11(9-12)13(20)19-7-2-4-10(6-8-19)14(21)22/h1,3,5,9-10H,2,4,6-8H2,(H,21,22). The average Bonchev–Trinajstić information content (AvgIpc) is 2.71. The number of hydrogen-bond donors (Lipinski definition) is 1. The second kappa shape index (κ2) is 6.89. The van der Waals surface area contributed by atoms with Crippen LogP contribution >= 0.6 is 0 Å². The van der Waals surface area contributed by atoms with Crippen molar-refractivity contribution in [3.8, 4) is 5.75 Å². The first-order valence-electron chi connectivity index (χ1n) is 7.14. The molecule has 126 valence electrons. The summed E-state index contributed by atoms with van der Waals surface area (Å²) in [7, 11) is 0. The van der Waals surface area contributed by atoms with Crippen molar-refractivity contribution in [3.05, 3.63) is 29.8 Å². The van der Waals surface area contributed by atoms with Crippen LogP contribution in [0.2, 0.25) is 0 Å². The van der Waals surface area contributed by atoms with Crippen LogP contribution in [0, 0.1) is 5.92 Å². The second-order valence-corrected chi connectivity index (χ2v) is 5.33. The summed E-state index contributed by atoms with van der Waals surface area (Å²) in [5.41, 5.74) is 0.0838. The molecule has 0 spiro atoms. The Bertz CT molecular complexity index is 588. The van der Waals surface area contributed by atoms with E-state index in [0.717, 1.165) is 12.1 Å². The maximum Gasteiger partial charge on any atom is 0.573 e. The molecule has 8 heteroatoms. The highest BCUT2D eigenvalue weighted by Gasteiger charge is 2.31. The highest BCUT2D eigenvalue weighted by molar-refractivity contribution is 5.94. The Morgan fingerprint density at radius 3 is 2.61 bits per heavy atom. The number of amides is 1. The van der Waals surface area contributed by atoms with Crippen LogP contribution in [0.4, 0.5) is 13.2 Å². The lowest BCUT2D eigenvalue weighted by atomic mass is 10.0. The lowest BCUT2D eigenvalue weighted by molar-refractivity contribution is -0.274. The highest BCUT2D eigenvalue weighted by Crippen LogP contribution is 2.25. The normalized spacial score (nSPS) is 19.1. The maximum atomic E-state index is 12.4. The van der Waals surface area contributed by atoms with Gasteiger partial charge in [-0.1, -0.05) is 6.07 Å². The van der Waals surface area contributed by atoms with Crippen molar-refractivity contribution < 1.29 is 32.6 Å². The highest BCUT2D eigenvalue weighted by atomic mass is 19.4. The van der Waals surface area contributed by atoms with Crippen molar-refractivity contribution in [2.45, 2.75) is 25.6 Å². The molecule has 1 amide bonds. The first-order chi connectivity index (χ1) is 10.8. The van der Waals surface area contributed by atoms with Gasteiger partial charge in [0.2, 0.25) is 0 Å². The third-order valence-corrected chi connectivity index (χ3v) is 3.68. The number of carboxylic acids is 1. The van der Waals surface area contributed by atoms with Gasteiger partial charge in [0, 0.05) is 18.7 Å². The zero-order valence-electron chi connectivity index (χ0n) is 12.2. The molecular weight excluding hydrogens is 315 g/mol. The van der Waals surface area contributed by atoms with Gasteiger partial charge < -0.3 is 14.7 Å². The minimum atomic E-state index is -4.82. The third kappa shape index (κ3) is 4.87. The fourth-order valence-corrected chi connectivity index (χ4v) is 2.56. The van der Waals surface area contributed by atoms with Gasteiger partial charge in [-0.3, -0.25) is 9.59 Å². The topological polar surface area (TPSA) is 66.8 Å². The molecule has 0 radical (unpaired) electrons. The smallest absolute Gasteiger partial charge is 0.481 e. The van der Waals surface area contributed by atoms with Crippen molar-refractivity contribution in [3.63, 3.8) is 0 Å². The number of carbonyl (C=O) groups excluding carboxylic acids is 1. The molecule has 1 saturated heterocycles. The number of carboxylic acid groups (broad SMARTS) is 1. The molecule has 1 atom stereocenters. The van der Waals surface area contributed by atoms with Gasteiger partial charge in [-0.2, -0.15) is 0 Å². The number of rotatable bonds is 3. The van der Waals surface area contributed by atoms with E-state index < -0.39 is 29.9 Å². The Labute approximate surface area is 130 Å². The van der Waals surface area contributed by atoms with Gasteiger partial charge in [0.05, 0.1) is 5.92 Å². The van der Waals surface area contributed by atoms with Crippen LogP contribution in [-0.4, -0.2) is 41.3 Å². The number of alkyl halides is 3. The Kier molecular flexibility index (Phi) is 5.12. The van der Waals surface area contributed by atoms with E-state index in [9.17, 15) is 22.8 Å². The van der Waals surface area contributed by atoms with E-state index >= 15 is 0 Å². The number of likely N-dealkylation sites (tertiary alicyclic amines) is 1. The van der Waals surface area contributed by atoms with Gasteiger partial charge in [0.1, 0.15) is 5.75 Å². The molecule has 1 heterocycles. The molecular formula is C15H16F3NO4. The number of benzene rings is 1. The molecule has 1 unspecified atom stereocenters. The molecule has 1 N–H and O–H groups in total. The maximum absolute atomic E-state index is 12.4. The summed E-state index contributed by atoms with van der Waals surface area (Å²) in [5, 5.41) is 9.02. The first-order valence-corrected chi connectivity index (χ1v) is 7.14. The van der Waals surface area contributed by atoms with Crippen molar-refractivity contribution in [1.82, 2.24) is 4.90 Å². The van der Waals surface area contributed by atoms with Crippen LogP contribution in [0.5, 0.6) is 5.75 Å². The lowest BCUT2D eigenvalue weighted by Crippen LogP contribution is -2.32. The molecule has 1 aliphatic rings. The van der Waals surface area contributed by atoms with Gasteiger partial charge in [-0.15, -0.1) is 13.2 Å². The van der Waals surface area contributed by atoms with E-state index in [0.29, 0.717) is 25.8 Å². The van der Waals surface area contributed by atoms with Crippen LogP contribution < -0.4 is 4.74 Å². The van der Waals surface area contributed by atoms with E-state index in [1.54, 1.807) is 0 Å². The molecule has 0 aliphatic carbocycles. The van der Waals surface area contributed by atoms with E-state index in [-0.39, 0.29) is 12.1 Å². The van der Waals surface area contributed by atoms with Gasteiger partial charge in [0.25, 0.3) is 5.91 Å². The Morgan fingerprint density at radius 1 is 1.22 bits per heavy atom. The van der Waals surface area contributed by atoms with Crippen molar-refractivity contribution >= 4 is 11.9 Å². The number of aliphatic carboxylic acids is 1. The Morgan fingerprint density at radius 2 is 1.96 bits per heavy atom. The molecule has 0 bridgehead atoms. The van der Waals surface area contributed by atoms with Crippen molar-refractivity contribution in [2.24, 2.45) is 5.92 Å². The number of ether oxygens (including phenoxy) is 1. The van der Waals surface area contributed by atoms with E-state index in [2.05, 4.69) is 4.74 Å². The van der Waals surface area contributed by atoms with Crippen LogP contribution in [0.3, 0.4) is 0 Å². The largest absolute Gasteiger partial charge is 0.573 e. The molecule has 2 rings (SSSR count). The van der Waals surface area contributed by atoms with Crippen molar-refractivity contribution in [2.75, 3.05) is 13.1 Å². The number of hydrogen-bond acceptors (Lipinski definition) is 3. The third-order valence-electron chi connectivity index (χ3n) is 3.68. The van der Waals surface area contributed by atoms with Crippen LogP contribution in [-0.2, 0) is 4.79 Å². The predicted octanol–water partition coefficient (Wildman–Crippen LogP) is 2.91. The zero-order chi connectivity index (χ0) is 17.0. The van der Waals surface area contributed by atoms with Gasteiger partial charge in [-0.05, 0) is 37.5 Å². The molecule has 1 fully saturated rings. The zero-order valence-corrected chi connectivity index (χ0v) is 12.2. The van der Waals surface area contributed by atoms with E-state index in [4.69, 9.17) is 5.11 Å². The Balaban J connectivity index is 2.08. The van der Waals surface area contributed by atoms with Crippen molar-refractivity contribution in [1.29, 1.82) is 0 Å². The summed E-state index contributed by atoms with van der Waals surface area (Å²) in [5.74, 6) is -2.27. The van der Waals surface area contributed by atoms with Gasteiger partial charge in [-0.25, -0.2) is 0 Å². The predicted molar refractivity (Wildman–Crippen MR) is 74.0 cm³/mol. The number of halogens is 3. The lowest BCUT2D eigenvalue weighted by Gasteiger charge is -2.21. The van der Waals surface area contributed by atoms with Crippen LogP contribution in [0.1, 0.15) is 29.6 Å². The minimum Gasteiger partial charge on any atom is -0.481 e. The fraction of sp³-hybridized carbons (Fsp3) is 0.467. The summed E-state index contributed by atoms with van der Waals surface area (Å²) in [6.45, 7) is 0.646.